The van der Waals surface area contributed by atoms with Crippen molar-refractivity contribution in [1.82, 2.24) is 15.3 Å². The summed E-state index contributed by atoms with van der Waals surface area (Å²) in [4.78, 5) is 11.5. The quantitative estimate of drug-likeness (QED) is 0.702. The largest absolute Gasteiger partial charge is 0.333 e. The summed E-state index contributed by atoms with van der Waals surface area (Å²) in [5.74, 6) is 0.428. The van der Waals surface area contributed by atoms with Crippen molar-refractivity contribution in [2.45, 2.75) is 39.9 Å². The highest BCUT2D eigenvalue weighted by atomic mass is 16.2. The molecule has 1 aliphatic rings. The summed E-state index contributed by atoms with van der Waals surface area (Å²) in [5.41, 5.74) is 0. The van der Waals surface area contributed by atoms with Gasteiger partial charge in [0.2, 0.25) is 0 Å². The van der Waals surface area contributed by atoms with Crippen LogP contribution in [0.5, 0.6) is 0 Å². The van der Waals surface area contributed by atoms with Crippen LogP contribution in [-0.2, 0) is 0 Å². The fourth-order valence-electron chi connectivity index (χ4n) is 1.76. The lowest BCUT2D eigenvalue weighted by Crippen LogP contribution is -2.45. The van der Waals surface area contributed by atoms with Crippen LogP contribution >= 0.6 is 0 Å². The molecule has 1 fully saturated rings. The van der Waals surface area contributed by atoms with E-state index in [1.807, 2.05) is 25.9 Å². The molecule has 1 heterocycles. The second-order valence-corrected chi connectivity index (χ2v) is 4.15. The van der Waals surface area contributed by atoms with Crippen LogP contribution < -0.4 is 5.32 Å². The zero-order valence-corrected chi connectivity index (χ0v) is 9.03. The predicted octanol–water partition coefficient (Wildman–Crippen LogP) is 1.25. The lowest BCUT2D eigenvalue weighted by molar-refractivity contribution is 0.00790. The van der Waals surface area contributed by atoms with Crippen LogP contribution in [0.15, 0.2) is 0 Å². The van der Waals surface area contributed by atoms with Crippen LogP contribution in [0.25, 0.3) is 0 Å². The first kappa shape index (κ1) is 10.3. The number of amides is 2. The SMILES string of the molecule is CC(C)C1NC(=O)N(C(C)C)N1C. The average Bonchev–Trinajstić information content (AvgIpc) is 2.26. The highest BCUT2D eigenvalue weighted by molar-refractivity contribution is 5.76. The van der Waals surface area contributed by atoms with Gasteiger partial charge >= 0.3 is 6.03 Å². The number of hydrogen-bond acceptors (Lipinski definition) is 2. The summed E-state index contributed by atoms with van der Waals surface area (Å²) in [6.45, 7) is 8.23. The van der Waals surface area contributed by atoms with Gasteiger partial charge in [-0.25, -0.2) is 4.79 Å². The third kappa shape index (κ3) is 1.77. The number of nitrogens with zero attached hydrogens (tertiary/aromatic N) is 2. The average molecular weight is 185 g/mol. The first-order valence-electron chi connectivity index (χ1n) is 4.77. The zero-order valence-electron chi connectivity index (χ0n) is 9.03. The predicted molar refractivity (Wildman–Crippen MR) is 51.9 cm³/mol. The number of urea groups is 1. The molecule has 0 aliphatic carbocycles. The number of rotatable bonds is 2. The minimum Gasteiger partial charge on any atom is -0.319 e. The van der Waals surface area contributed by atoms with E-state index >= 15 is 0 Å². The molecule has 0 bridgehead atoms. The van der Waals surface area contributed by atoms with Gasteiger partial charge in [0.1, 0.15) is 6.17 Å². The van der Waals surface area contributed by atoms with Gasteiger partial charge in [0, 0.05) is 13.1 Å². The molecule has 2 amide bonds. The Balaban J connectivity index is 2.75. The Morgan fingerprint density at radius 3 is 2.08 bits per heavy atom. The van der Waals surface area contributed by atoms with Crippen LogP contribution in [0.1, 0.15) is 27.7 Å². The summed E-state index contributed by atoms with van der Waals surface area (Å²) < 4.78 is 0. The van der Waals surface area contributed by atoms with Crippen molar-refractivity contribution in [3.63, 3.8) is 0 Å². The van der Waals surface area contributed by atoms with E-state index in [0.717, 1.165) is 0 Å². The molecule has 4 nitrogen and oxygen atoms in total. The van der Waals surface area contributed by atoms with Gasteiger partial charge in [-0.05, 0) is 19.8 Å². The van der Waals surface area contributed by atoms with E-state index in [1.165, 1.54) is 0 Å². The Kier molecular flexibility index (Phi) is 2.81. The highest BCUT2D eigenvalue weighted by Gasteiger charge is 2.37. The fourth-order valence-corrected chi connectivity index (χ4v) is 1.76. The summed E-state index contributed by atoms with van der Waals surface area (Å²) in [5, 5.41) is 6.69. The van der Waals surface area contributed by atoms with E-state index in [1.54, 1.807) is 5.01 Å². The van der Waals surface area contributed by atoms with Gasteiger partial charge in [-0.3, -0.25) is 5.01 Å². The molecule has 4 heteroatoms. The molecule has 0 saturated carbocycles. The Hall–Kier alpha value is -0.770. The molecule has 1 rings (SSSR count). The molecule has 1 atom stereocenters. The lowest BCUT2D eigenvalue weighted by Gasteiger charge is -2.30. The minimum absolute atomic E-state index is 0.0104. The maximum absolute atomic E-state index is 11.5. The van der Waals surface area contributed by atoms with Gasteiger partial charge in [0.05, 0.1) is 0 Å². The molecule has 13 heavy (non-hydrogen) atoms. The molecular weight excluding hydrogens is 166 g/mol. The third-order valence-electron chi connectivity index (χ3n) is 2.34. The molecule has 1 aliphatic heterocycles. The Bertz CT molecular complexity index is 203. The summed E-state index contributed by atoms with van der Waals surface area (Å²) in [6, 6.07) is 0.227. The number of carbonyl (C=O) groups excluding carboxylic acids is 1. The molecule has 0 radical (unpaired) electrons. The first-order chi connectivity index (χ1) is 5.95. The zero-order chi connectivity index (χ0) is 10.2. The van der Waals surface area contributed by atoms with E-state index < -0.39 is 0 Å². The van der Waals surface area contributed by atoms with Gasteiger partial charge < -0.3 is 5.32 Å². The van der Waals surface area contributed by atoms with Crippen molar-refractivity contribution in [3.8, 4) is 0 Å². The summed E-state index contributed by atoms with van der Waals surface area (Å²) in [6.07, 6.45) is 0.134. The number of nitrogens with one attached hydrogen (secondary N) is 1. The van der Waals surface area contributed by atoms with Crippen molar-refractivity contribution in [3.05, 3.63) is 0 Å². The van der Waals surface area contributed by atoms with Crippen molar-refractivity contribution in [2.75, 3.05) is 7.05 Å². The van der Waals surface area contributed by atoms with E-state index in [4.69, 9.17) is 0 Å². The van der Waals surface area contributed by atoms with Gasteiger partial charge in [-0.2, -0.15) is 5.01 Å². The van der Waals surface area contributed by atoms with Crippen LogP contribution in [0.3, 0.4) is 0 Å². The fraction of sp³-hybridized carbons (Fsp3) is 0.889. The topological polar surface area (TPSA) is 35.6 Å². The van der Waals surface area contributed by atoms with Crippen molar-refractivity contribution in [1.29, 1.82) is 0 Å². The molecule has 0 aromatic rings. The number of hydrogen-bond donors (Lipinski definition) is 1. The normalized spacial score (nSPS) is 24.7. The summed E-state index contributed by atoms with van der Waals surface area (Å²) in [7, 11) is 1.95. The maximum Gasteiger partial charge on any atom is 0.333 e. The van der Waals surface area contributed by atoms with Crippen molar-refractivity contribution < 1.29 is 4.79 Å². The Morgan fingerprint density at radius 2 is 1.85 bits per heavy atom. The second kappa shape index (κ2) is 3.54. The van der Waals surface area contributed by atoms with E-state index in [9.17, 15) is 4.79 Å². The van der Waals surface area contributed by atoms with Crippen molar-refractivity contribution in [2.24, 2.45) is 5.92 Å². The van der Waals surface area contributed by atoms with E-state index in [-0.39, 0.29) is 18.2 Å². The standard InChI is InChI=1S/C9H19N3O/c1-6(2)8-10-9(13)12(7(3)4)11(8)5/h6-8H,1-5H3,(H,10,13). The van der Waals surface area contributed by atoms with Crippen LogP contribution in [-0.4, -0.2) is 35.3 Å². The Labute approximate surface area is 79.9 Å². The number of hydrazine groups is 1. The van der Waals surface area contributed by atoms with E-state index in [2.05, 4.69) is 19.2 Å². The maximum atomic E-state index is 11.5. The van der Waals surface area contributed by atoms with Crippen LogP contribution in [0, 0.1) is 5.92 Å². The lowest BCUT2D eigenvalue weighted by atomic mass is 10.1. The van der Waals surface area contributed by atoms with Gasteiger partial charge in [0.15, 0.2) is 0 Å². The molecule has 0 spiro atoms. The van der Waals surface area contributed by atoms with Gasteiger partial charge in [-0.1, -0.05) is 13.8 Å². The van der Waals surface area contributed by atoms with Crippen LogP contribution in [0.2, 0.25) is 0 Å². The van der Waals surface area contributed by atoms with Crippen LogP contribution in [0.4, 0.5) is 4.79 Å². The van der Waals surface area contributed by atoms with Gasteiger partial charge in [0.25, 0.3) is 0 Å². The van der Waals surface area contributed by atoms with Gasteiger partial charge in [-0.15, -0.1) is 0 Å². The molecule has 0 aromatic heterocycles. The highest BCUT2D eigenvalue weighted by Crippen LogP contribution is 2.18. The minimum atomic E-state index is 0.0104. The monoisotopic (exact) mass is 185 g/mol. The van der Waals surface area contributed by atoms with Crippen molar-refractivity contribution >= 4 is 6.03 Å². The first-order valence-corrected chi connectivity index (χ1v) is 4.77. The molecule has 1 saturated heterocycles. The molecule has 1 N–H and O–H groups in total. The smallest absolute Gasteiger partial charge is 0.319 e. The number of carbonyl (C=O) groups is 1. The van der Waals surface area contributed by atoms with E-state index in [0.29, 0.717) is 5.92 Å². The molecule has 0 aromatic carbocycles. The summed E-state index contributed by atoms with van der Waals surface area (Å²) >= 11 is 0. The third-order valence-corrected chi connectivity index (χ3v) is 2.34. The molecule has 1 unspecified atom stereocenters. The molecular formula is C9H19N3O. The Morgan fingerprint density at radius 1 is 1.31 bits per heavy atom. The molecule has 76 valence electrons. The second-order valence-electron chi connectivity index (χ2n) is 4.15.